The summed E-state index contributed by atoms with van der Waals surface area (Å²) in [4.78, 5) is 30.1. The molecule has 158 valence electrons. The second-order valence-electron chi connectivity index (χ2n) is 6.45. The van der Waals surface area contributed by atoms with Crippen molar-refractivity contribution in [2.75, 3.05) is 19.5 Å². The second kappa shape index (κ2) is 9.82. The number of alkyl halides is 2. The molecule has 0 unspecified atom stereocenters. The van der Waals surface area contributed by atoms with Gasteiger partial charge in [-0.1, -0.05) is 35.5 Å². The third kappa shape index (κ3) is 5.03. The first-order valence-electron chi connectivity index (χ1n) is 9.10. The van der Waals surface area contributed by atoms with Crippen molar-refractivity contribution in [3.63, 3.8) is 0 Å². The summed E-state index contributed by atoms with van der Waals surface area (Å²) in [6.07, 6.45) is 0. The number of carbonyl (C=O) groups excluding carboxylic acids is 1. The summed E-state index contributed by atoms with van der Waals surface area (Å²) in [6, 6.07) is 11.4. The number of nitrogens with zero attached hydrogens (tertiary/aromatic N) is 2. The van der Waals surface area contributed by atoms with Gasteiger partial charge in [0.2, 0.25) is 0 Å². The lowest BCUT2D eigenvalue weighted by Crippen LogP contribution is -2.25. The monoisotopic (exact) mass is 434 g/mol. The van der Waals surface area contributed by atoms with Gasteiger partial charge >= 0.3 is 6.61 Å². The van der Waals surface area contributed by atoms with Gasteiger partial charge in [-0.05, 0) is 31.2 Å². The number of benzene rings is 2. The molecule has 0 saturated heterocycles. The lowest BCUT2D eigenvalue weighted by atomic mass is 10.1. The van der Waals surface area contributed by atoms with E-state index in [0.29, 0.717) is 22.7 Å². The molecule has 0 bridgehead atoms. The first-order valence-corrected chi connectivity index (χ1v) is 10.1. The number of aryl methyl sites for hydroxylation is 1. The summed E-state index contributed by atoms with van der Waals surface area (Å²) in [6.45, 7) is -0.712. The Balaban J connectivity index is 1.91. The zero-order valence-corrected chi connectivity index (χ0v) is 17.2. The maximum atomic E-state index is 12.9. The van der Waals surface area contributed by atoms with E-state index in [0.717, 1.165) is 17.3 Å². The first-order chi connectivity index (χ1) is 14.4. The molecule has 1 heterocycles. The maximum Gasteiger partial charge on any atom is 0.387 e. The molecule has 3 aromatic rings. The van der Waals surface area contributed by atoms with Crippen LogP contribution in [-0.2, 0) is 11.3 Å². The number of ketones is 1. The van der Waals surface area contributed by atoms with Crippen LogP contribution < -0.4 is 10.3 Å². The summed E-state index contributed by atoms with van der Waals surface area (Å²) >= 11 is 1.07. The van der Waals surface area contributed by atoms with Crippen molar-refractivity contribution in [2.45, 2.75) is 25.2 Å². The van der Waals surface area contributed by atoms with E-state index in [2.05, 4.69) is 9.72 Å². The SMILES string of the molecule is COCCn1c(SCC(=O)c2cc(C)ccc2OC(F)F)nc2ccccc2c1=O. The number of hydrogen-bond donors (Lipinski definition) is 0. The molecule has 2 aromatic carbocycles. The lowest BCUT2D eigenvalue weighted by molar-refractivity contribution is -0.0501. The van der Waals surface area contributed by atoms with E-state index in [9.17, 15) is 18.4 Å². The van der Waals surface area contributed by atoms with E-state index < -0.39 is 12.4 Å². The standard InChI is InChI=1S/C21H20F2N2O4S/c1-13-7-8-18(29-20(22)23)15(11-13)17(26)12-30-21-24-16-6-4-3-5-14(16)19(27)25(21)9-10-28-2/h3-8,11,20H,9-10,12H2,1-2H3. The molecule has 0 saturated carbocycles. The molecule has 0 aliphatic rings. The quantitative estimate of drug-likeness (QED) is 0.289. The van der Waals surface area contributed by atoms with Crippen molar-refractivity contribution in [2.24, 2.45) is 0 Å². The Morgan fingerprint density at radius 2 is 2.00 bits per heavy atom. The minimum Gasteiger partial charge on any atom is -0.434 e. The van der Waals surface area contributed by atoms with Gasteiger partial charge in [-0.25, -0.2) is 4.98 Å². The predicted octanol–water partition coefficient (Wildman–Crippen LogP) is 3.93. The van der Waals surface area contributed by atoms with Crippen molar-refractivity contribution in [3.8, 4) is 5.75 Å². The predicted molar refractivity (Wildman–Crippen MR) is 111 cm³/mol. The average molecular weight is 434 g/mol. The average Bonchev–Trinajstić information content (AvgIpc) is 2.72. The number of halogens is 2. The summed E-state index contributed by atoms with van der Waals surface area (Å²) in [5.74, 6) is -0.676. The molecule has 0 radical (unpaired) electrons. The van der Waals surface area contributed by atoms with Crippen molar-refractivity contribution < 1.29 is 23.0 Å². The van der Waals surface area contributed by atoms with Crippen LogP contribution in [0.15, 0.2) is 52.4 Å². The van der Waals surface area contributed by atoms with Gasteiger partial charge < -0.3 is 9.47 Å². The fourth-order valence-corrected chi connectivity index (χ4v) is 3.81. The van der Waals surface area contributed by atoms with Crippen molar-refractivity contribution in [3.05, 3.63) is 63.9 Å². The molecule has 6 nitrogen and oxygen atoms in total. The summed E-state index contributed by atoms with van der Waals surface area (Å²) < 4.78 is 36.4. The molecule has 0 atom stereocenters. The van der Waals surface area contributed by atoms with Gasteiger partial charge in [-0.15, -0.1) is 0 Å². The highest BCUT2D eigenvalue weighted by atomic mass is 32.2. The zero-order valence-electron chi connectivity index (χ0n) is 16.4. The first kappa shape index (κ1) is 21.9. The third-order valence-corrected chi connectivity index (χ3v) is 5.31. The van der Waals surface area contributed by atoms with E-state index in [1.165, 1.54) is 23.8 Å². The Labute approximate surface area is 175 Å². The van der Waals surface area contributed by atoms with E-state index in [1.54, 1.807) is 37.3 Å². The number of aromatic nitrogens is 2. The summed E-state index contributed by atoms with van der Waals surface area (Å²) in [5, 5.41) is 0.823. The number of para-hydroxylation sites is 1. The van der Waals surface area contributed by atoms with Crippen LogP contribution in [0.3, 0.4) is 0 Å². The molecular weight excluding hydrogens is 414 g/mol. The summed E-state index contributed by atoms with van der Waals surface area (Å²) in [5.41, 5.74) is 1.09. The minimum absolute atomic E-state index is 0.0642. The Hall–Kier alpha value is -2.78. The van der Waals surface area contributed by atoms with Crippen LogP contribution in [0.5, 0.6) is 5.75 Å². The fraction of sp³-hybridized carbons (Fsp3) is 0.286. The number of hydrogen-bond acceptors (Lipinski definition) is 6. The van der Waals surface area contributed by atoms with Gasteiger partial charge in [-0.2, -0.15) is 8.78 Å². The van der Waals surface area contributed by atoms with E-state index >= 15 is 0 Å². The molecule has 0 fully saturated rings. The lowest BCUT2D eigenvalue weighted by Gasteiger charge is -2.13. The maximum absolute atomic E-state index is 12.9. The Kier molecular flexibility index (Phi) is 7.17. The molecule has 0 aliphatic carbocycles. The summed E-state index contributed by atoms with van der Waals surface area (Å²) in [7, 11) is 1.53. The van der Waals surface area contributed by atoms with E-state index in [1.807, 2.05) is 0 Å². The van der Waals surface area contributed by atoms with E-state index in [-0.39, 0.29) is 29.2 Å². The van der Waals surface area contributed by atoms with E-state index in [4.69, 9.17) is 4.74 Å². The van der Waals surface area contributed by atoms with Crippen LogP contribution in [0.2, 0.25) is 0 Å². The van der Waals surface area contributed by atoms with Crippen LogP contribution in [0.1, 0.15) is 15.9 Å². The number of fused-ring (bicyclic) bond motifs is 1. The van der Waals surface area contributed by atoms with Crippen LogP contribution in [0.25, 0.3) is 10.9 Å². The highest BCUT2D eigenvalue weighted by molar-refractivity contribution is 7.99. The minimum atomic E-state index is -3.03. The van der Waals surface area contributed by atoms with Crippen LogP contribution in [0, 0.1) is 6.92 Å². The number of ether oxygens (including phenoxy) is 2. The topological polar surface area (TPSA) is 70.4 Å². The molecule has 0 spiro atoms. The largest absolute Gasteiger partial charge is 0.434 e. The number of carbonyl (C=O) groups is 1. The smallest absolute Gasteiger partial charge is 0.387 e. The Morgan fingerprint density at radius 3 is 2.73 bits per heavy atom. The number of methoxy groups -OCH3 is 1. The second-order valence-corrected chi connectivity index (χ2v) is 7.39. The molecule has 1 aromatic heterocycles. The number of thioether (sulfide) groups is 1. The molecule has 0 amide bonds. The third-order valence-electron chi connectivity index (χ3n) is 4.33. The molecule has 9 heteroatoms. The molecule has 0 N–H and O–H groups in total. The van der Waals surface area contributed by atoms with Crippen molar-refractivity contribution >= 4 is 28.4 Å². The van der Waals surface area contributed by atoms with Gasteiger partial charge in [-0.3, -0.25) is 14.2 Å². The van der Waals surface area contributed by atoms with Crippen molar-refractivity contribution in [1.29, 1.82) is 0 Å². The normalized spacial score (nSPS) is 11.2. The highest BCUT2D eigenvalue weighted by Crippen LogP contribution is 2.26. The number of rotatable bonds is 9. The van der Waals surface area contributed by atoms with Crippen molar-refractivity contribution in [1.82, 2.24) is 9.55 Å². The van der Waals surface area contributed by atoms with Gasteiger partial charge in [0.05, 0.1) is 35.4 Å². The molecular formula is C21H20F2N2O4S. The highest BCUT2D eigenvalue weighted by Gasteiger charge is 2.18. The van der Waals surface area contributed by atoms with Gasteiger partial charge in [0.15, 0.2) is 10.9 Å². The Bertz CT molecular complexity index is 1120. The van der Waals surface area contributed by atoms with Gasteiger partial charge in [0.25, 0.3) is 5.56 Å². The van der Waals surface area contributed by atoms with Crippen LogP contribution >= 0.6 is 11.8 Å². The molecule has 0 aliphatic heterocycles. The molecule has 3 rings (SSSR count). The molecule has 30 heavy (non-hydrogen) atoms. The van der Waals surface area contributed by atoms with Gasteiger partial charge in [0, 0.05) is 7.11 Å². The number of Topliss-reactive ketones (excluding diaryl/α,β-unsaturated/α-hetero) is 1. The zero-order chi connectivity index (χ0) is 21.7. The van der Waals surface area contributed by atoms with Crippen LogP contribution in [0.4, 0.5) is 8.78 Å². The Morgan fingerprint density at radius 1 is 1.23 bits per heavy atom. The van der Waals surface area contributed by atoms with Crippen LogP contribution in [-0.4, -0.2) is 41.4 Å². The van der Waals surface area contributed by atoms with Gasteiger partial charge in [0.1, 0.15) is 5.75 Å². The fourth-order valence-electron chi connectivity index (χ4n) is 2.91.